The van der Waals surface area contributed by atoms with Crippen LogP contribution in [0.5, 0.6) is 0 Å². The van der Waals surface area contributed by atoms with Crippen molar-refractivity contribution in [3.05, 3.63) is 22.9 Å². The van der Waals surface area contributed by atoms with Crippen LogP contribution in [0.4, 0.5) is 0 Å². The third kappa shape index (κ3) is 4.75. The lowest BCUT2D eigenvalue weighted by Gasteiger charge is -2.04. The molecule has 0 aromatic carbocycles. The Labute approximate surface area is 102 Å². The van der Waals surface area contributed by atoms with Crippen molar-refractivity contribution in [1.82, 2.24) is 9.13 Å². The number of methoxy groups -OCH3 is 1. The van der Waals surface area contributed by atoms with Crippen LogP contribution in [0.2, 0.25) is 0 Å². The van der Waals surface area contributed by atoms with Crippen LogP contribution < -0.4 is 5.69 Å². The van der Waals surface area contributed by atoms with E-state index in [1.165, 1.54) is 0 Å². The van der Waals surface area contributed by atoms with E-state index >= 15 is 0 Å². The molecule has 17 heavy (non-hydrogen) atoms. The van der Waals surface area contributed by atoms with Crippen LogP contribution in [0.25, 0.3) is 0 Å². The zero-order valence-corrected chi connectivity index (χ0v) is 10.7. The summed E-state index contributed by atoms with van der Waals surface area (Å²) in [7, 11) is 1.65. The Balaban J connectivity index is 2.25. The van der Waals surface area contributed by atoms with Crippen LogP contribution in [0.1, 0.15) is 19.8 Å². The highest BCUT2D eigenvalue weighted by Gasteiger charge is 2.01. The first-order valence-electron chi connectivity index (χ1n) is 6.11. The summed E-state index contributed by atoms with van der Waals surface area (Å²) in [6.07, 6.45) is 5.51. The number of ether oxygens (including phenoxy) is 2. The quantitative estimate of drug-likeness (QED) is 0.609. The fourth-order valence-corrected chi connectivity index (χ4v) is 1.62. The van der Waals surface area contributed by atoms with Gasteiger partial charge in [0.15, 0.2) is 0 Å². The lowest BCUT2D eigenvalue weighted by Crippen LogP contribution is -2.24. The number of hydrogen-bond acceptors (Lipinski definition) is 3. The van der Waals surface area contributed by atoms with Crippen molar-refractivity contribution in [2.24, 2.45) is 0 Å². The minimum atomic E-state index is 0.0729. The van der Waals surface area contributed by atoms with Gasteiger partial charge in [0.05, 0.1) is 13.2 Å². The van der Waals surface area contributed by atoms with E-state index in [4.69, 9.17) is 9.47 Å². The monoisotopic (exact) mass is 242 g/mol. The van der Waals surface area contributed by atoms with Crippen LogP contribution in [-0.2, 0) is 22.6 Å². The van der Waals surface area contributed by atoms with Crippen molar-refractivity contribution in [3.8, 4) is 0 Å². The first kappa shape index (κ1) is 14.0. The van der Waals surface area contributed by atoms with Gasteiger partial charge in [-0.25, -0.2) is 4.79 Å². The maximum Gasteiger partial charge on any atom is 0.328 e. The lowest BCUT2D eigenvalue weighted by atomic mass is 10.4. The molecule has 0 spiro atoms. The molecule has 0 aliphatic rings. The summed E-state index contributed by atoms with van der Waals surface area (Å²) in [6.45, 7) is 5.45. The molecular formula is C12H22N2O3. The molecule has 98 valence electrons. The third-order valence-corrected chi connectivity index (χ3v) is 2.50. The van der Waals surface area contributed by atoms with E-state index in [1.54, 1.807) is 16.2 Å². The zero-order valence-electron chi connectivity index (χ0n) is 10.7. The minimum absolute atomic E-state index is 0.0729. The molecule has 0 aliphatic carbocycles. The lowest BCUT2D eigenvalue weighted by molar-refractivity contribution is 0.0679. The van der Waals surface area contributed by atoms with Crippen LogP contribution >= 0.6 is 0 Å². The highest BCUT2D eigenvalue weighted by atomic mass is 16.5. The van der Waals surface area contributed by atoms with Gasteiger partial charge in [0, 0.05) is 39.2 Å². The Morgan fingerprint density at radius 1 is 1.12 bits per heavy atom. The van der Waals surface area contributed by atoms with E-state index in [0.29, 0.717) is 26.4 Å². The second-order valence-corrected chi connectivity index (χ2v) is 3.93. The number of hydrogen-bond donors (Lipinski definition) is 0. The van der Waals surface area contributed by atoms with Gasteiger partial charge < -0.3 is 9.47 Å². The van der Waals surface area contributed by atoms with E-state index in [0.717, 1.165) is 19.4 Å². The van der Waals surface area contributed by atoms with Crippen LogP contribution in [0, 0.1) is 0 Å². The normalized spacial score (nSPS) is 10.9. The van der Waals surface area contributed by atoms with E-state index in [2.05, 4.69) is 6.92 Å². The van der Waals surface area contributed by atoms with E-state index in [9.17, 15) is 4.79 Å². The molecular weight excluding hydrogens is 220 g/mol. The summed E-state index contributed by atoms with van der Waals surface area (Å²) in [4.78, 5) is 11.8. The summed E-state index contributed by atoms with van der Waals surface area (Å²) in [5, 5.41) is 0. The Morgan fingerprint density at radius 2 is 1.82 bits per heavy atom. The van der Waals surface area contributed by atoms with Gasteiger partial charge in [-0.3, -0.25) is 9.13 Å². The van der Waals surface area contributed by atoms with E-state index in [-0.39, 0.29) is 5.69 Å². The molecule has 1 aromatic heterocycles. The van der Waals surface area contributed by atoms with Crippen LogP contribution in [0.3, 0.4) is 0 Å². The largest absolute Gasteiger partial charge is 0.382 e. The van der Waals surface area contributed by atoms with Gasteiger partial charge in [-0.2, -0.15) is 0 Å². The number of rotatable bonds is 9. The maximum absolute atomic E-state index is 11.8. The summed E-state index contributed by atoms with van der Waals surface area (Å²) < 4.78 is 13.7. The van der Waals surface area contributed by atoms with Crippen molar-refractivity contribution < 1.29 is 9.47 Å². The SMILES string of the molecule is CCCn1ccn(CCCOCCOC)c1=O. The summed E-state index contributed by atoms with van der Waals surface area (Å²) in [5.74, 6) is 0. The fraction of sp³-hybridized carbons (Fsp3) is 0.750. The maximum atomic E-state index is 11.8. The Kier molecular flexibility index (Phi) is 6.65. The first-order valence-corrected chi connectivity index (χ1v) is 6.11. The average molecular weight is 242 g/mol. The van der Waals surface area contributed by atoms with Crippen molar-refractivity contribution in [3.63, 3.8) is 0 Å². The molecule has 1 aromatic rings. The third-order valence-electron chi connectivity index (χ3n) is 2.50. The van der Waals surface area contributed by atoms with Crippen molar-refractivity contribution >= 4 is 0 Å². The molecule has 0 aliphatic heterocycles. The standard InChI is InChI=1S/C12H22N2O3/c1-3-5-13-7-8-14(12(13)15)6-4-9-17-11-10-16-2/h7-8H,3-6,9-11H2,1-2H3. The summed E-state index contributed by atoms with van der Waals surface area (Å²) >= 11 is 0. The molecule has 1 rings (SSSR count). The molecule has 0 saturated heterocycles. The second kappa shape index (κ2) is 8.08. The molecule has 0 N–H and O–H groups in total. The molecule has 0 radical (unpaired) electrons. The molecule has 0 saturated carbocycles. The van der Waals surface area contributed by atoms with Crippen LogP contribution in [-0.4, -0.2) is 36.1 Å². The smallest absolute Gasteiger partial charge is 0.328 e. The first-order chi connectivity index (χ1) is 8.29. The highest BCUT2D eigenvalue weighted by Crippen LogP contribution is 1.92. The molecule has 5 heteroatoms. The highest BCUT2D eigenvalue weighted by molar-refractivity contribution is 4.81. The molecule has 1 heterocycles. The fourth-order valence-electron chi connectivity index (χ4n) is 1.62. The molecule has 0 atom stereocenters. The summed E-state index contributed by atoms with van der Waals surface area (Å²) in [6, 6.07) is 0. The second-order valence-electron chi connectivity index (χ2n) is 3.93. The van der Waals surface area contributed by atoms with Crippen LogP contribution in [0.15, 0.2) is 17.2 Å². The van der Waals surface area contributed by atoms with Crippen molar-refractivity contribution in [2.75, 3.05) is 26.9 Å². The van der Waals surface area contributed by atoms with Gasteiger partial charge in [-0.05, 0) is 12.8 Å². The topological polar surface area (TPSA) is 45.4 Å². The number of aromatic nitrogens is 2. The predicted molar refractivity (Wildman–Crippen MR) is 66.3 cm³/mol. The van der Waals surface area contributed by atoms with Gasteiger partial charge in [-0.1, -0.05) is 6.92 Å². The zero-order chi connectivity index (χ0) is 12.5. The summed E-state index contributed by atoms with van der Waals surface area (Å²) in [5.41, 5.74) is 0.0729. The molecule has 0 bridgehead atoms. The Morgan fingerprint density at radius 3 is 2.47 bits per heavy atom. The number of aryl methyl sites for hydroxylation is 2. The Hall–Kier alpha value is -1.07. The minimum Gasteiger partial charge on any atom is -0.382 e. The molecule has 0 fully saturated rings. The van der Waals surface area contributed by atoms with Crippen molar-refractivity contribution in [1.29, 1.82) is 0 Å². The van der Waals surface area contributed by atoms with Gasteiger partial charge in [0.25, 0.3) is 0 Å². The van der Waals surface area contributed by atoms with Gasteiger partial charge in [-0.15, -0.1) is 0 Å². The van der Waals surface area contributed by atoms with Crippen molar-refractivity contribution in [2.45, 2.75) is 32.9 Å². The van der Waals surface area contributed by atoms with Gasteiger partial charge >= 0.3 is 5.69 Å². The average Bonchev–Trinajstić information content (AvgIpc) is 2.67. The van der Waals surface area contributed by atoms with E-state index < -0.39 is 0 Å². The predicted octanol–water partition coefficient (Wildman–Crippen LogP) is 1.11. The van der Waals surface area contributed by atoms with Gasteiger partial charge in [0.2, 0.25) is 0 Å². The number of nitrogens with zero attached hydrogens (tertiary/aromatic N) is 2. The van der Waals surface area contributed by atoms with Gasteiger partial charge in [0.1, 0.15) is 0 Å². The molecule has 0 unspecified atom stereocenters. The molecule has 0 amide bonds. The van der Waals surface area contributed by atoms with E-state index in [1.807, 2.05) is 12.4 Å². The molecule has 5 nitrogen and oxygen atoms in total. The number of imidazole rings is 1. The Bertz CT molecular complexity index is 357.